The lowest BCUT2D eigenvalue weighted by Gasteiger charge is -2.38. The summed E-state index contributed by atoms with van der Waals surface area (Å²) in [5.74, 6) is -1.10. The van der Waals surface area contributed by atoms with Gasteiger partial charge in [-0.15, -0.1) is 0 Å². The lowest BCUT2D eigenvalue weighted by atomic mass is 9.77. The number of aliphatic carboxylic acids is 1. The van der Waals surface area contributed by atoms with Crippen LogP contribution < -0.4 is 10.6 Å². The maximum atomic E-state index is 11.8. The molecule has 0 spiro atoms. The number of rotatable bonds is 6. The molecule has 2 rings (SSSR count). The zero-order valence-corrected chi connectivity index (χ0v) is 12.3. The number of nitrogens with one attached hydrogen (secondary N) is 2. The number of amides is 2. The topological polar surface area (TPSA) is 95.5 Å². The van der Waals surface area contributed by atoms with Crippen molar-refractivity contribution < 1.29 is 19.5 Å². The van der Waals surface area contributed by atoms with Gasteiger partial charge in [-0.1, -0.05) is 19.3 Å². The van der Waals surface area contributed by atoms with Gasteiger partial charge in [0.15, 0.2) is 0 Å². The minimum absolute atomic E-state index is 0.116. The molecule has 0 aromatic heterocycles. The molecule has 6 nitrogen and oxygen atoms in total. The SMILES string of the molecule is O=C(CC1CCCCC1)NCC(=O)NC1(C(=O)O)CCC1. The molecule has 0 radical (unpaired) electrons. The predicted octanol–water partition coefficient (Wildman–Crippen LogP) is 1.20. The summed E-state index contributed by atoms with van der Waals surface area (Å²) in [4.78, 5) is 34.7. The smallest absolute Gasteiger partial charge is 0.329 e. The Kier molecular flexibility index (Phi) is 5.20. The first-order chi connectivity index (χ1) is 10.0. The van der Waals surface area contributed by atoms with Crippen LogP contribution in [0.5, 0.6) is 0 Å². The lowest BCUT2D eigenvalue weighted by Crippen LogP contribution is -2.60. The van der Waals surface area contributed by atoms with Gasteiger partial charge >= 0.3 is 5.97 Å². The summed E-state index contributed by atoms with van der Waals surface area (Å²) in [6.07, 6.45) is 7.98. The Morgan fingerprint density at radius 3 is 2.19 bits per heavy atom. The van der Waals surface area contributed by atoms with Gasteiger partial charge < -0.3 is 15.7 Å². The number of carbonyl (C=O) groups excluding carboxylic acids is 2. The van der Waals surface area contributed by atoms with Crippen molar-refractivity contribution in [2.75, 3.05) is 6.54 Å². The van der Waals surface area contributed by atoms with Crippen LogP contribution in [-0.4, -0.2) is 35.0 Å². The molecule has 118 valence electrons. The number of carboxylic acids is 1. The molecule has 3 N–H and O–H groups in total. The van der Waals surface area contributed by atoms with Crippen molar-refractivity contribution in [3.63, 3.8) is 0 Å². The first kappa shape index (κ1) is 15.8. The van der Waals surface area contributed by atoms with Crippen molar-refractivity contribution in [3.8, 4) is 0 Å². The van der Waals surface area contributed by atoms with Crippen LogP contribution in [0, 0.1) is 5.92 Å². The Labute approximate surface area is 124 Å². The van der Waals surface area contributed by atoms with E-state index in [0.29, 0.717) is 25.2 Å². The number of hydrogen-bond acceptors (Lipinski definition) is 3. The second-order valence-electron chi connectivity index (χ2n) is 6.27. The summed E-state index contributed by atoms with van der Waals surface area (Å²) in [6, 6.07) is 0. The molecule has 2 aliphatic carbocycles. The molecule has 2 saturated carbocycles. The maximum Gasteiger partial charge on any atom is 0.329 e. The minimum atomic E-state index is -1.11. The van der Waals surface area contributed by atoms with Gasteiger partial charge in [0.1, 0.15) is 5.54 Å². The van der Waals surface area contributed by atoms with Crippen molar-refractivity contribution in [2.24, 2.45) is 5.92 Å². The summed E-state index contributed by atoms with van der Waals surface area (Å²) in [6.45, 7) is -0.138. The quantitative estimate of drug-likeness (QED) is 0.686. The van der Waals surface area contributed by atoms with Gasteiger partial charge in [-0.05, 0) is 38.0 Å². The molecular formula is C15H24N2O4. The van der Waals surface area contributed by atoms with Crippen LogP contribution in [-0.2, 0) is 14.4 Å². The van der Waals surface area contributed by atoms with Gasteiger partial charge in [-0.2, -0.15) is 0 Å². The van der Waals surface area contributed by atoms with Crippen LogP contribution in [0.15, 0.2) is 0 Å². The Morgan fingerprint density at radius 1 is 1.00 bits per heavy atom. The van der Waals surface area contributed by atoms with Crippen molar-refractivity contribution in [3.05, 3.63) is 0 Å². The fourth-order valence-electron chi connectivity index (χ4n) is 3.14. The lowest BCUT2D eigenvalue weighted by molar-refractivity contribution is -0.151. The molecule has 0 aliphatic heterocycles. The third-order valence-corrected chi connectivity index (χ3v) is 4.64. The summed E-state index contributed by atoms with van der Waals surface area (Å²) in [7, 11) is 0. The molecule has 0 heterocycles. The molecule has 2 amide bonds. The molecule has 0 bridgehead atoms. The normalized spacial score (nSPS) is 21.1. The average Bonchev–Trinajstić information content (AvgIpc) is 2.41. The third kappa shape index (κ3) is 4.19. The molecule has 6 heteroatoms. The first-order valence-corrected chi connectivity index (χ1v) is 7.83. The molecule has 0 saturated heterocycles. The molecule has 0 aromatic carbocycles. The number of carboxylic acid groups (broad SMARTS) is 1. The fraction of sp³-hybridized carbons (Fsp3) is 0.800. The predicted molar refractivity (Wildman–Crippen MR) is 76.6 cm³/mol. The highest BCUT2D eigenvalue weighted by molar-refractivity contribution is 5.90. The van der Waals surface area contributed by atoms with E-state index in [0.717, 1.165) is 19.3 Å². The standard InChI is InChI=1S/C15H24N2O4/c18-12(9-11-5-2-1-3-6-11)16-10-13(19)17-15(14(20)21)7-4-8-15/h11H,1-10H2,(H,16,18)(H,17,19)(H,20,21). The van der Waals surface area contributed by atoms with Crippen LogP contribution in [0.25, 0.3) is 0 Å². The largest absolute Gasteiger partial charge is 0.480 e. The molecule has 2 aliphatic rings. The Morgan fingerprint density at radius 2 is 1.67 bits per heavy atom. The van der Waals surface area contributed by atoms with Crippen molar-refractivity contribution in [1.29, 1.82) is 0 Å². The van der Waals surface area contributed by atoms with Crippen LogP contribution in [0.3, 0.4) is 0 Å². The first-order valence-electron chi connectivity index (χ1n) is 7.83. The van der Waals surface area contributed by atoms with Crippen LogP contribution in [0.1, 0.15) is 57.8 Å². The Balaban J connectivity index is 1.68. The van der Waals surface area contributed by atoms with E-state index in [1.54, 1.807) is 0 Å². The highest BCUT2D eigenvalue weighted by atomic mass is 16.4. The Bertz CT molecular complexity index is 412. The van der Waals surface area contributed by atoms with Crippen LogP contribution in [0.2, 0.25) is 0 Å². The van der Waals surface area contributed by atoms with E-state index in [2.05, 4.69) is 10.6 Å². The molecule has 0 unspecified atom stereocenters. The molecule has 0 aromatic rings. The second kappa shape index (κ2) is 6.91. The zero-order chi connectivity index (χ0) is 15.3. The second-order valence-corrected chi connectivity index (χ2v) is 6.27. The van der Waals surface area contributed by atoms with Crippen molar-refractivity contribution in [1.82, 2.24) is 10.6 Å². The van der Waals surface area contributed by atoms with E-state index in [1.165, 1.54) is 19.3 Å². The minimum Gasteiger partial charge on any atom is -0.480 e. The summed E-state index contributed by atoms with van der Waals surface area (Å²) < 4.78 is 0. The van der Waals surface area contributed by atoms with Crippen LogP contribution >= 0.6 is 0 Å². The van der Waals surface area contributed by atoms with Gasteiger partial charge in [0.2, 0.25) is 11.8 Å². The molecule has 21 heavy (non-hydrogen) atoms. The summed E-state index contributed by atoms with van der Waals surface area (Å²) in [5.41, 5.74) is -1.11. The van der Waals surface area contributed by atoms with Gasteiger partial charge in [0.05, 0.1) is 6.54 Å². The molecule has 0 atom stereocenters. The van der Waals surface area contributed by atoms with E-state index in [1.807, 2.05) is 0 Å². The van der Waals surface area contributed by atoms with E-state index in [4.69, 9.17) is 5.11 Å². The van der Waals surface area contributed by atoms with Gasteiger partial charge in [0.25, 0.3) is 0 Å². The highest BCUT2D eigenvalue weighted by Crippen LogP contribution is 2.31. The number of hydrogen-bond donors (Lipinski definition) is 3. The van der Waals surface area contributed by atoms with Crippen molar-refractivity contribution in [2.45, 2.75) is 63.3 Å². The highest BCUT2D eigenvalue weighted by Gasteiger charge is 2.45. The molecular weight excluding hydrogens is 272 g/mol. The Hall–Kier alpha value is -1.59. The van der Waals surface area contributed by atoms with Gasteiger partial charge in [-0.25, -0.2) is 4.79 Å². The van der Waals surface area contributed by atoms with E-state index in [-0.39, 0.29) is 12.5 Å². The number of carbonyl (C=O) groups is 3. The van der Waals surface area contributed by atoms with Gasteiger partial charge in [-0.3, -0.25) is 9.59 Å². The van der Waals surface area contributed by atoms with E-state index < -0.39 is 17.4 Å². The third-order valence-electron chi connectivity index (χ3n) is 4.64. The van der Waals surface area contributed by atoms with Crippen molar-refractivity contribution >= 4 is 17.8 Å². The maximum absolute atomic E-state index is 11.8. The summed E-state index contributed by atoms with van der Waals surface area (Å²) >= 11 is 0. The fourth-order valence-corrected chi connectivity index (χ4v) is 3.14. The molecule has 2 fully saturated rings. The van der Waals surface area contributed by atoms with E-state index in [9.17, 15) is 14.4 Å². The monoisotopic (exact) mass is 296 g/mol. The average molecular weight is 296 g/mol. The van der Waals surface area contributed by atoms with Gasteiger partial charge in [0, 0.05) is 6.42 Å². The zero-order valence-electron chi connectivity index (χ0n) is 12.3. The van der Waals surface area contributed by atoms with E-state index >= 15 is 0 Å². The summed E-state index contributed by atoms with van der Waals surface area (Å²) in [5, 5.41) is 14.3. The van der Waals surface area contributed by atoms with Crippen LogP contribution in [0.4, 0.5) is 0 Å².